The Morgan fingerprint density at radius 3 is 2.76 bits per heavy atom. The Labute approximate surface area is 146 Å². The number of nitrogens with zero attached hydrogens (tertiary/aromatic N) is 2. The van der Waals surface area contributed by atoms with Crippen molar-refractivity contribution in [3.05, 3.63) is 47.2 Å². The maximum absolute atomic E-state index is 11.5. The second-order valence-electron chi connectivity index (χ2n) is 6.62. The first-order chi connectivity index (χ1) is 11.9. The van der Waals surface area contributed by atoms with E-state index in [-0.39, 0.29) is 5.88 Å². The zero-order chi connectivity index (χ0) is 17.6. The SMILES string of the molecule is CS(=O)(=O)Oc1ncc(Nc2cccc(C#N)c2)c2c1C1CCC2C1. The third kappa shape index (κ3) is 2.94. The minimum absolute atomic E-state index is 0.209. The van der Waals surface area contributed by atoms with Crippen molar-refractivity contribution in [1.82, 2.24) is 4.98 Å². The number of hydrogen-bond donors (Lipinski definition) is 1. The molecule has 0 radical (unpaired) electrons. The number of aromatic nitrogens is 1. The van der Waals surface area contributed by atoms with Crippen molar-refractivity contribution in [2.75, 3.05) is 11.6 Å². The zero-order valence-electron chi connectivity index (χ0n) is 13.7. The Bertz CT molecular complexity index is 995. The average molecular weight is 355 g/mol. The number of nitrogens with one attached hydrogen (secondary N) is 1. The fraction of sp³-hybridized carbons (Fsp3) is 0.333. The first-order valence-electron chi connectivity index (χ1n) is 8.14. The van der Waals surface area contributed by atoms with Crippen molar-refractivity contribution in [2.45, 2.75) is 31.1 Å². The fourth-order valence-corrected chi connectivity index (χ4v) is 4.41. The molecule has 2 bridgehead atoms. The van der Waals surface area contributed by atoms with Crippen molar-refractivity contribution in [2.24, 2.45) is 0 Å². The maximum atomic E-state index is 11.5. The van der Waals surface area contributed by atoms with Crippen LogP contribution in [0.5, 0.6) is 5.88 Å². The van der Waals surface area contributed by atoms with Crippen LogP contribution in [0.3, 0.4) is 0 Å². The summed E-state index contributed by atoms with van der Waals surface area (Å²) >= 11 is 0. The van der Waals surface area contributed by atoms with Gasteiger partial charge in [0.25, 0.3) is 0 Å². The van der Waals surface area contributed by atoms with Gasteiger partial charge in [0, 0.05) is 11.3 Å². The second kappa shape index (κ2) is 5.74. The Morgan fingerprint density at radius 2 is 2.04 bits per heavy atom. The van der Waals surface area contributed by atoms with Crippen LogP contribution in [0.15, 0.2) is 30.5 Å². The lowest BCUT2D eigenvalue weighted by molar-refractivity contribution is 0.474. The van der Waals surface area contributed by atoms with Crippen molar-refractivity contribution in [3.63, 3.8) is 0 Å². The van der Waals surface area contributed by atoms with Gasteiger partial charge in [-0.3, -0.25) is 0 Å². The predicted octanol–water partition coefficient (Wildman–Crippen LogP) is 3.40. The standard InChI is InChI=1S/C18H17N3O3S/c1-25(22,23)24-18-17-13-6-5-12(8-13)16(17)15(10-20-18)21-14-4-2-3-11(7-14)9-19/h2-4,7,10,12-13,21H,5-6,8H2,1H3. The summed E-state index contributed by atoms with van der Waals surface area (Å²) in [5, 5.41) is 12.4. The number of hydrogen-bond acceptors (Lipinski definition) is 6. The summed E-state index contributed by atoms with van der Waals surface area (Å²) in [4.78, 5) is 4.26. The molecule has 128 valence electrons. The van der Waals surface area contributed by atoms with Gasteiger partial charge in [-0.2, -0.15) is 13.7 Å². The molecule has 0 amide bonds. The zero-order valence-corrected chi connectivity index (χ0v) is 14.5. The monoisotopic (exact) mass is 355 g/mol. The van der Waals surface area contributed by atoms with E-state index >= 15 is 0 Å². The van der Waals surface area contributed by atoms with E-state index in [1.54, 1.807) is 18.3 Å². The first kappa shape index (κ1) is 15.9. The van der Waals surface area contributed by atoms with Crippen molar-refractivity contribution in [3.8, 4) is 11.9 Å². The molecule has 0 saturated heterocycles. The fourth-order valence-electron chi connectivity index (χ4n) is 3.99. The molecule has 25 heavy (non-hydrogen) atoms. The van der Waals surface area contributed by atoms with E-state index in [0.29, 0.717) is 17.4 Å². The quantitative estimate of drug-likeness (QED) is 0.845. The van der Waals surface area contributed by atoms with Gasteiger partial charge in [-0.25, -0.2) is 4.98 Å². The summed E-state index contributed by atoms with van der Waals surface area (Å²) in [5.41, 5.74) is 4.27. The van der Waals surface area contributed by atoms with E-state index in [9.17, 15) is 8.42 Å². The lowest BCUT2D eigenvalue weighted by atomic mass is 9.91. The van der Waals surface area contributed by atoms with Gasteiger partial charge in [0.1, 0.15) is 0 Å². The maximum Gasteiger partial charge on any atom is 0.307 e. The van der Waals surface area contributed by atoms with Gasteiger partial charge in [-0.15, -0.1) is 0 Å². The van der Waals surface area contributed by atoms with Crippen LogP contribution in [-0.2, 0) is 10.1 Å². The molecule has 2 aliphatic rings. The minimum Gasteiger partial charge on any atom is -0.361 e. The van der Waals surface area contributed by atoms with Gasteiger partial charge in [0.15, 0.2) is 0 Å². The van der Waals surface area contributed by atoms with Gasteiger partial charge >= 0.3 is 10.1 Å². The molecule has 1 saturated carbocycles. The molecule has 2 atom stereocenters. The van der Waals surface area contributed by atoms with E-state index in [1.807, 2.05) is 12.1 Å². The lowest BCUT2D eigenvalue weighted by Crippen LogP contribution is -2.12. The third-order valence-corrected chi connectivity index (χ3v) is 5.33. The molecule has 0 aliphatic heterocycles. The van der Waals surface area contributed by atoms with Gasteiger partial charge < -0.3 is 9.50 Å². The number of fused-ring (bicyclic) bond motifs is 5. The van der Waals surface area contributed by atoms with Crippen LogP contribution in [0.4, 0.5) is 11.4 Å². The van der Waals surface area contributed by atoms with Gasteiger partial charge in [0.2, 0.25) is 5.88 Å². The van der Waals surface area contributed by atoms with E-state index in [1.165, 1.54) is 0 Å². The molecule has 7 heteroatoms. The van der Waals surface area contributed by atoms with Crippen LogP contribution in [0, 0.1) is 11.3 Å². The Kier molecular flexibility index (Phi) is 3.65. The van der Waals surface area contributed by atoms with Crippen molar-refractivity contribution < 1.29 is 12.6 Å². The predicted molar refractivity (Wildman–Crippen MR) is 93.5 cm³/mol. The summed E-state index contributed by atoms with van der Waals surface area (Å²) < 4.78 is 28.2. The summed E-state index contributed by atoms with van der Waals surface area (Å²) in [6.45, 7) is 0. The minimum atomic E-state index is -3.62. The lowest BCUT2D eigenvalue weighted by Gasteiger charge is -2.21. The molecule has 6 nitrogen and oxygen atoms in total. The molecule has 1 N–H and O–H groups in total. The van der Waals surface area contributed by atoms with Crippen LogP contribution >= 0.6 is 0 Å². The van der Waals surface area contributed by atoms with Gasteiger partial charge in [-0.05, 0) is 54.9 Å². The summed E-state index contributed by atoms with van der Waals surface area (Å²) in [6.07, 6.45) is 5.79. The van der Waals surface area contributed by atoms with E-state index in [0.717, 1.165) is 48.0 Å². The number of pyridine rings is 1. The van der Waals surface area contributed by atoms with E-state index < -0.39 is 10.1 Å². The van der Waals surface area contributed by atoms with Gasteiger partial charge in [-0.1, -0.05) is 6.07 Å². The number of nitriles is 1. The molecule has 1 aromatic heterocycles. The third-order valence-electron chi connectivity index (χ3n) is 4.87. The smallest absolute Gasteiger partial charge is 0.307 e. The molecule has 1 aromatic carbocycles. The Hall–Kier alpha value is -2.59. The van der Waals surface area contributed by atoms with Crippen LogP contribution in [0.25, 0.3) is 0 Å². The van der Waals surface area contributed by atoms with Crippen LogP contribution in [-0.4, -0.2) is 19.7 Å². The molecule has 2 aromatic rings. The highest BCUT2D eigenvalue weighted by molar-refractivity contribution is 7.86. The average Bonchev–Trinajstić information content (AvgIpc) is 3.18. The van der Waals surface area contributed by atoms with Crippen molar-refractivity contribution in [1.29, 1.82) is 5.26 Å². The highest BCUT2D eigenvalue weighted by Gasteiger charge is 2.42. The first-order valence-corrected chi connectivity index (χ1v) is 9.95. The van der Waals surface area contributed by atoms with E-state index in [4.69, 9.17) is 9.44 Å². The van der Waals surface area contributed by atoms with E-state index in [2.05, 4.69) is 16.4 Å². The van der Waals surface area contributed by atoms with Gasteiger partial charge in [0.05, 0.1) is 29.8 Å². The van der Waals surface area contributed by atoms with Crippen LogP contribution in [0.1, 0.15) is 47.8 Å². The normalized spacial score (nSPS) is 20.8. The molecule has 2 aliphatic carbocycles. The number of anilines is 2. The summed E-state index contributed by atoms with van der Waals surface area (Å²) in [6, 6.07) is 9.36. The molecule has 0 spiro atoms. The van der Waals surface area contributed by atoms with Crippen LogP contribution < -0.4 is 9.50 Å². The number of rotatable bonds is 4. The summed E-state index contributed by atoms with van der Waals surface area (Å²) in [5.74, 6) is 0.907. The largest absolute Gasteiger partial charge is 0.361 e. The highest BCUT2D eigenvalue weighted by Crippen LogP contribution is 2.57. The molecule has 2 unspecified atom stereocenters. The van der Waals surface area contributed by atoms with Crippen molar-refractivity contribution >= 4 is 21.5 Å². The summed E-state index contributed by atoms with van der Waals surface area (Å²) in [7, 11) is -3.62. The Morgan fingerprint density at radius 1 is 1.28 bits per heavy atom. The second-order valence-corrected chi connectivity index (χ2v) is 8.19. The molecule has 1 heterocycles. The van der Waals surface area contributed by atoms with Crippen LogP contribution in [0.2, 0.25) is 0 Å². The number of benzene rings is 1. The topological polar surface area (TPSA) is 92.1 Å². The molecule has 1 fully saturated rings. The highest BCUT2D eigenvalue weighted by atomic mass is 32.2. The molecular weight excluding hydrogens is 338 g/mol. The molecular formula is C18H17N3O3S. The molecule has 4 rings (SSSR count). The Balaban J connectivity index is 1.76.